The Labute approximate surface area is 209 Å². The first kappa shape index (κ1) is 23.3. The van der Waals surface area contributed by atoms with Crippen LogP contribution in [0.25, 0.3) is 22.6 Å². The van der Waals surface area contributed by atoms with Crippen LogP contribution in [-0.4, -0.2) is 31.0 Å². The maximum absolute atomic E-state index is 14.1. The number of nitrogens with one attached hydrogen (secondary N) is 1. The third kappa shape index (κ3) is 4.56. The summed E-state index contributed by atoms with van der Waals surface area (Å²) >= 11 is 6.25. The molecule has 5 rings (SSSR count). The number of aromatic nitrogens is 4. The Morgan fingerprint density at radius 1 is 1.11 bits per heavy atom. The molecule has 0 aliphatic heterocycles. The predicted molar refractivity (Wildman–Crippen MR) is 133 cm³/mol. The van der Waals surface area contributed by atoms with Gasteiger partial charge in [0.05, 0.1) is 28.7 Å². The minimum Gasteiger partial charge on any atom is -0.444 e. The molecule has 5 aromatic rings. The molecule has 10 heteroatoms. The molecular formula is C26H19ClFN5O3. The van der Waals surface area contributed by atoms with Gasteiger partial charge in [-0.25, -0.2) is 18.9 Å². The summed E-state index contributed by atoms with van der Waals surface area (Å²) in [6, 6.07) is 15.4. The molecule has 0 saturated carbocycles. The average molecular weight is 504 g/mol. The van der Waals surface area contributed by atoms with Crippen LogP contribution in [-0.2, 0) is 11.3 Å². The normalized spacial score (nSPS) is 11.0. The molecule has 36 heavy (non-hydrogen) atoms. The van der Waals surface area contributed by atoms with Crippen molar-refractivity contribution in [1.82, 2.24) is 19.2 Å². The Bertz CT molecular complexity index is 1600. The lowest BCUT2D eigenvalue weighted by Gasteiger charge is -2.09. The molecule has 1 N–H and O–H groups in total. The molecule has 0 bridgehead atoms. The number of ketones is 1. The molecule has 0 spiro atoms. The van der Waals surface area contributed by atoms with Gasteiger partial charge in [0.25, 0.3) is 0 Å². The van der Waals surface area contributed by atoms with Crippen molar-refractivity contribution in [2.24, 2.45) is 0 Å². The Kier molecular flexibility index (Phi) is 6.22. The van der Waals surface area contributed by atoms with E-state index in [0.717, 1.165) is 11.6 Å². The van der Waals surface area contributed by atoms with E-state index >= 15 is 0 Å². The first-order valence-corrected chi connectivity index (χ1v) is 11.3. The largest absolute Gasteiger partial charge is 0.444 e. The smallest absolute Gasteiger partial charge is 0.412 e. The van der Waals surface area contributed by atoms with E-state index in [9.17, 15) is 14.0 Å². The third-order valence-corrected chi connectivity index (χ3v) is 5.84. The van der Waals surface area contributed by atoms with Crippen LogP contribution in [0.4, 0.5) is 14.9 Å². The van der Waals surface area contributed by atoms with Crippen molar-refractivity contribution >= 4 is 34.8 Å². The lowest BCUT2D eigenvalue weighted by atomic mass is 10.0. The molecular weight excluding hydrogens is 485 g/mol. The van der Waals surface area contributed by atoms with Gasteiger partial charge in [-0.2, -0.15) is 5.10 Å². The van der Waals surface area contributed by atoms with Gasteiger partial charge in [0.15, 0.2) is 17.2 Å². The second-order valence-corrected chi connectivity index (χ2v) is 8.37. The van der Waals surface area contributed by atoms with Gasteiger partial charge in [0, 0.05) is 23.5 Å². The molecule has 8 nitrogen and oxygen atoms in total. The number of hydrogen-bond acceptors (Lipinski definition) is 5. The van der Waals surface area contributed by atoms with Crippen molar-refractivity contribution in [3.8, 4) is 16.9 Å². The number of fused-ring (bicyclic) bond motifs is 1. The lowest BCUT2D eigenvalue weighted by Crippen LogP contribution is -2.14. The van der Waals surface area contributed by atoms with Gasteiger partial charge in [0.1, 0.15) is 12.4 Å². The van der Waals surface area contributed by atoms with Crippen LogP contribution in [0.15, 0.2) is 79.4 Å². The number of pyridine rings is 1. The maximum Gasteiger partial charge on any atom is 0.412 e. The molecule has 180 valence electrons. The predicted octanol–water partition coefficient (Wildman–Crippen LogP) is 5.93. The average Bonchev–Trinajstić information content (AvgIpc) is 3.51. The Morgan fingerprint density at radius 3 is 2.69 bits per heavy atom. The van der Waals surface area contributed by atoms with E-state index < -0.39 is 17.7 Å². The number of hydrogen-bond donors (Lipinski definition) is 1. The first-order chi connectivity index (χ1) is 17.4. The van der Waals surface area contributed by atoms with Crippen LogP contribution in [0.2, 0.25) is 5.02 Å². The van der Waals surface area contributed by atoms with Gasteiger partial charge in [-0.1, -0.05) is 41.9 Å². The number of carbonyl (C=O) groups is 2. The van der Waals surface area contributed by atoms with E-state index in [1.165, 1.54) is 13.0 Å². The maximum atomic E-state index is 14.1. The van der Waals surface area contributed by atoms with Crippen LogP contribution in [0.3, 0.4) is 0 Å². The molecule has 0 fully saturated rings. The van der Waals surface area contributed by atoms with Crippen LogP contribution < -0.4 is 5.32 Å². The van der Waals surface area contributed by atoms with Crippen molar-refractivity contribution in [1.29, 1.82) is 0 Å². The highest BCUT2D eigenvalue weighted by molar-refractivity contribution is 6.33. The van der Waals surface area contributed by atoms with Crippen LogP contribution in [0.5, 0.6) is 0 Å². The molecule has 1 amide bonds. The summed E-state index contributed by atoms with van der Waals surface area (Å²) in [6.07, 6.45) is 6.02. The summed E-state index contributed by atoms with van der Waals surface area (Å²) in [4.78, 5) is 28.5. The Balaban J connectivity index is 1.40. The van der Waals surface area contributed by atoms with Gasteiger partial charge < -0.3 is 4.74 Å². The van der Waals surface area contributed by atoms with Gasteiger partial charge in [-0.3, -0.25) is 14.5 Å². The summed E-state index contributed by atoms with van der Waals surface area (Å²) in [5.41, 5.74) is 2.84. The van der Waals surface area contributed by atoms with Gasteiger partial charge in [0.2, 0.25) is 0 Å². The highest BCUT2D eigenvalue weighted by Crippen LogP contribution is 2.31. The van der Waals surface area contributed by atoms with Gasteiger partial charge >= 0.3 is 6.09 Å². The van der Waals surface area contributed by atoms with E-state index in [-0.39, 0.29) is 17.2 Å². The molecule has 0 aliphatic rings. The number of anilines is 1. The number of Topliss-reactive ketones (excluding diaryl/α,β-unsaturated/α-hetero) is 1. The highest BCUT2D eigenvalue weighted by atomic mass is 35.5. The first-order valence-electron chi connectivity index (χ1n) is 10.9. The zero-order chi connectivity index (χ0) is 25.2. The van der Waals surface area contributed by atoms with Crippen LogP contribution in [0, 0.1) is 5.82 Å². The number of benzene rings is 2. The van der Waals surface area contributed by atoms with Crippen molar-refractivity contribution in [2.45, 2.75) is 13.5 Å². The highest BCUT2D eigenvalue weighted by Gasteiger charge is 2.17. The van der Waals surface area contributed by atoms with E-state index in [1.54, 1.807) is 46.0 Å². The standard InChI is InChI=1S/C26H19ClFN5O3/c1-16(34)19-10-20(21(27)11-22(19)28)18-12-30-33(14-18)24-13-29-25-23(8-5-9-32(24)25)31-26(35)36-15-17-6-3-2-4-7-17/h2-14H,15H2,1H3,(H,31,35). The van der Waals surface area contributed by atoms with E-state index in [1.807, 2.05) is 30.3 Å². The molecule has 2 aromatic carbocycles. The minimum absolute atomic E-state index is 0.0492. The SMILES string of the molecule is CC(=O)c1cc(-c2cnn(-c3cnc4c(NC(=O)OCc5ccccc5)cccn34)c2)c(Cl)cc1F. The zero-order valence-electron chi connectivity index (χ0n) is 19.0. The van der Waals surface area contributed by atoms with Gasteiger partial charge in [-0.15, -0.1) is 0 Å². The molecule has 0 saturated heterocycles. The lowest BCUT2D eigenvalue weighted by molar-refractivity contribution is 0.101. The van der Waals surface area contributed by atoms with Crippen molar-refractivity contribution in [3.63, 3.8) is 0 Å². The fraction of sp³-hybridized carbons (Fsp3) is 0.0769. The van der Waals surface area contributed by atoms with Crippen molar-refractivity contribution < 1.29 is 18.7 Å². The second-order valence-electron chi connectivity index (χ2n) is 7.96. The number of carbonyl (C=O) groups excluding carboxylic acids is 2. The molecule has 0 atom stereocenters. The van der Waals surface area contributed by atoms with Crippen molar-refractivity contribution in [2.75, 3.05) is 5.32 Å². The van der Waals surface area contributed by atoms with Gasteiger partial charge in [-0.05, 0) is 36.8 Å². The van der Waals surface area contributed by atoms with Crippen LogP contribution in [0.1, 0.15) is 22.8 Å². The summed E-state index contributed by atoms with van der Waals surface area (Å²) in [7, 11) is 0. The fourth-order valence-corrected chi connectivity index (χ4v) is 4.02. The minimum atomic E-state index is -0.673. The third-order valence-electron chi connectivity index (χ3n) is 5.53. The number of ether oxygens (including phenoxy) is 1. The zero-order valence-corrected chi connectivity index (χ0v) is 19.7. The quantitative estimate of drug-likeness (QED) is 0.290. The number of rotatable bonds is 6. The summed E-state index contributed by atoms with van der Waals surface area (Å²) in [5, 5.41) is 7.27. The molecule has 3 heterocycles. The summed E-state index contributed by atoms with van der Waals surface area (Å²) < 4.78 is 22.7. The monoisotopic (exact) mass is 503 g/mol. The van der Waals surface area contributed by atoms with E-state index in [2.05, 4.69) is 15.4 Å². The van der Waals surface area contributed by atoms with Crippen molar-refractivity contribution in [3.05, 3.63) is 101 Å². The number of imidazole rings is 1. The molecule has 0 radical (unpaired) electrons. The fourth-order valence-electron chi connectivity index (χ4n) is 3.76. The Morgan fingerprint density at radius 2 is 1.92 bits per heavy atom. The number of nitrogens with zero attached hydrogens (tertiary/aromatic N) is 4. The second kappa shape index (κ2) is 9.63. The summed E-state index contributed by atoms with van der Waals surface area (Å²) in [6.45, 7) is 1.43. The number of halogens is 2. The summed E-state index contributed by atoms with van der Waals surface area (Å²) in [5.74, 6) is -0.489. The van der Waals surface area contributed by atoms with E-state index in [4.69, 9.17) is 16.3 Å². The molecule has 0 aliphatic carbocycles. The molecule has 3 aromatic heterocycles. The topological polar surface area (TPSA) is 90.5 Å². The van der Waals surface area contributed by atoms with E-state index in [0.29, 0.717) is 28.3 Å². The number of amides is 1. The molecule has 0 unspecified atom stereocenters. The Hall–Kier alpha value is -4.50. The van der Waals surface area contributed by atoms with Crippen LogP contribution >= 0.6 is 11.6 Å².